The minimum absolute atomic E-state index is 1.16. The Morgan fingerprint density at radius 2 is 0.455 bits per heavy atom. The third-order valence-electron chi connectivity index (χ3n) is 17.5. The van der Waals surface area contributed by atoms with E-state index in [-0.39, 0.29) is 0 Å². The van der Waals surface area contributed by atoms with E-state index in [0.717, 1.165) is 5.69 Å². The van der Waals surface area contributed by atoms with Crippen molar-refractivity contribution >= 4 is 107 Å². The quantitative estimate of drug-likeness (QED) is 0.144. The number of hydrogen-bond donors (Lipinski definition) is 0. The van der Waals surface area contributed by atoms with Crippen LogP contribution in [0.4, 0.5) is 0 Å². The molecule has 18 aromatic rings. The number of nitrogens with zero attached hydrogens (tertiary/aromatic N) is 2. The molecule has 0 radical (unpaired) electrons. The molecule has 0 amide bonds. The van der Waals surface area contributed by atoms with Crippen LogP contribution in [0.15, 0.2) is 328 Å². The van der Waals surface area contributed by atoms with E-state index in [1.165, 1.54) is 156 Å². The Balaban J connectivity index is 0.000000137. The van der Waals surface area contributed by atoms with Crippen LogP contribution in [0.3, 0.4) is 0 Å². The highest BCUT2D eigenvalue weighted by Crippen LogP contribution is 2.45. The van der Waals surface area contributed by atoms with Gasteiger partial charge in [-0.15, -0.1) is 22.7 Å². The Labute approximate surface area is 518 Å². The number of aromatic nitrogens is 2. The molecule has 0 atom stereocenters. The molecule has 4 heteroatoms. The minimum atomic E-state index is 1.16. The maximum absolute atomic E-state index is 2.47. The van der Waals surface area contributed by atoms with Gasteiger partial charge in [0.2, 0.25) is 0 Å². The summed E-state index contributed by atoms with van der Waals surface area (Å²) in [5, 5.41) is 10.4. The standard InChI is InChI=1S/2C42H27NS/c1-3-12-28(13-4-1)30-16-11-17-31(22-30)33-23-32(29-14-5-2-6-15-29)24-34(25-33)43-39-20-9-7-18-35(39)37-27-42-38(26-40(37)43)36-19-8-10-21-41(36)44-42;1-3-11-28(12-4-1)30-19-21-31(22-20-30)33-23-32(29-13-5-2-6-14-29)24-34(25-33)43-39-17-9-7-15-35(39)37-27-42-38(26-40(37)43)36-16-8-10-18-41(36)44-42/h2*1-27H. The molecule has 412 valence electrons. The molecule has 18 rings (SSSR count). The number of hydrogen-bond acceptors (Lipinski definition) is 2. The second kappa shape index (κ2) is 21.6. The highest BCUT2D eigenvalue weighted by Gasteiger charge is 2.20. The van der Waals surface area contributed by atoms with Crippen molar-refractivity contribution in [2.75, 3.05) is 0 Å². The van der Waals surface area contributed by atoms with Crippen LogP contribution in [0.25, 0.3) is 162 Å². The van der Waals surface area contributed by atoms with Gasteiger partial charge in [0.15, 0.2) is 0 Å². The predicted octanol–water partition coefficient (Wildman–Crippen LogP) is 24.3. The summed E-state index contributed by atoms with van der Waals surface area (Å²) in [6.07, 6.45) is 0. The molecule has 2 nitrogen and oxygen atoms in total. The van der Waals surface area contributed by atoms with Crippen LogP contribution in [-0.4, -0.2) is 9.13 Å². The Kier molecular flexibility index (Phi) is 12.6. The smallest absolute Gasteiger partial charge is 0.0548 e. The first-order chi connectivity index (χ1) is 43.6. The van der Waals surface area contributed by atoms with E-state index in [0.29, 0.717) is 0 Å². The van der Waals surface area contributed by atoms with Gasteiger partial charge in [0.25, 0.3) is 0 Å². The highest BCUT2D eigenvalue weighted by atomic mass is 32.1. The van der Waals surface area contributed by atoms with Crippen molar-refractivity contribution in [3.05, 3.63) is 328 Å². The molecule has 88 heavy (non-hydrogen) atoms. The fourth-order valence-corrected chi connectivity index (χ4v) is 15.6. The van der Waals surface area contributed by atoms with E-state index in [9.17, 15) is 0 Å². The van der Waals surface area contributed by atoms with Crippen molar-refractivity contribution in [3.8, 4) is 78.1 Å². The van der Waals surface area contributed by atoms with Gasteiger partial charge in [-0.3, -0.25) is 0 Å². The summed E-state index contributed by atoms with van der Waals surface area (Å²) in [5.74, 6) is 0. The lowest BCUT2D eigenvalue weighted by atomic mass is 9.95. The van der Waals surface area contributed by atoms with Crippen LogP contribution in [0.5, 0.6) is 0 Å². The lowest BCUT2D eigenvalue weighted by Gasteiger charge is -2.15. The van der Waals surface area contributed by atoms with Crippen LogP contribution < -0.4 is 0 Å². The van der Waals surface area contributed by atoms with Gasteiger partial charge >= 0.3 is 0 Å². The van der Waals surface area contributed by atoms with E-state index in [1.807, 2.05) is 22.7 Å². The highest BCUT2D eigenvalue weighted by molar-refractivity contribution is 7.26. The third-order valence-corrected chi connectivity index (χ3v) is 19.8. The Hall–Kier alpha value is -10.9. The summed E-state index contributed by atoms with van der Waals surface area (Å²) in [4.78, 5) is 0. The average molecular weight is 1160 g/mol. The molecule has 0 saturated carbocycles. The van der Waals surface area contributed by atoms with Crippen molar-refractivity contribution in [1.29, 1.82) is 0 Å². The first-order valence-electron chi connectivity index (χ1n) is 30.0. The number of thiophene rings is 2. The second-order valence-corrected chi connectivity index (χ2v) is 25.0. The zero-order valence-corrected chi connectivity index (χ0v) is 49.5. The van der Waals surface area contributed by atoms with E-state index >= 15 is 0 Å². The molecule has 0 aliphatic carbocycles. The molecule has 0 spiro atoms. The minimum Gasteiger partial charge on any atom is -0.309 e. The van der Waals surface area contributed by atoms with Crippen LogP contribution in [0.1, 0.15) is 0 Å². The van der Waals surface area contributed by atoms with Crippen LogP contribution >= 0.6 is 22.7 Å². The SMILES string of the molecule is c1ccc(-c2ccc(-c3cc(-c4ccccc4)cc(-n4c5ccccc5c5cc6sc7ccccc7c6cc54)c3)cc2)cc1.c1ccc(-c2cccc(-c3cc(-c4ccccc4)cc(-n4c5ccccc5c5cc6sc7ccccc7c6cc54)c3)c2)cc1. The molecule has 0 aliphatic heterocycles. The molecule has 0 fully saturated rings. The second-order valence-electron chi connectivity index (χ2n) is 22.8. The van der Waals surface area contributed by atoms with Crippen molar-refractivity contribution in [2.24, 2.45) is 0 Å². The molecule has 0 N–H and O–H groups in total. The lowest BCUT2D eigenvalue weighted by Crippen LogP contribution is -1.96. The molecule has 0 saturated heterocycles. The van der Waals surface area contributed by atoms with Gasteiger partial charge in [0.1, 0.15) is 0 Å². The number of fused-ring (bicyclic) bond motifs is 12. The monoisotopic (exact) mass is 1150 g/mol. The van der Waals surface area contributed by atoms with Crippen LogP contribution in [-0.2, 0) is 0 Å². The first kappa shape index (κ1) is 51.5. The van der Waals surface area contributed by atoms with Gasteiger partial charge in [-0.1, -0.05) is 237 Å². The summed E-state index contributed by atoms with van der Waals surface area (Å²) in [7, 11) is 0. The summed E-state index contributed by atoms with van der Waals surface area (Å²) < 4.78 is 10.3. The van der Waals surface area contributed by atoms with Crippen molar-refractivity contribution in [2.45, 2.75) is 0 Å². The summed E-state index contributed by atoms with van der Waals surface area (Å²) in [6.45, 7) is 0. The molecule has 4 heterocycles. The maximum atomic E-state index is 2.47. The van der Waals surface area contributed by atoms with Gasteiger partial charge in [0, 0.05) is 73.3 Å². The van der Waals surface area contributed by atoms with Crippen molar-refractivity contribution in [1.82, 2.24) is 9.13 Å². The molecule has 4 aromatic heterocycles. The maximum Gasteiger partial charge on any atom is 0.0548 e. The van der Waals surface area contributed by atoms with Gasteiger partial charge < -0.3 is 9.13 Å². The zero-order chi connectivity index (χ0) is 58.1. The van der Waals surface area contributed by atoms with E-state index in [4.69, 9.17) is 0 Å². The average Bonchev–Trinajstić information content (AvgIpc) is 1.87. The number of para-hydroxylation sites is 2. The fourth-order valence-electron chi connectivity index (χ4n) is 13.3. The van der Waals surface area contributed by atoms with Crippen molar-refractivity contribution < 1.29 is 0 Å². The van der Waals surface area contributed by atoms with E-state index in [2.05, 4.69) is 337 Å². The Morgan fingerprint density at radius 3 is 0.886 bits per heavy atom. The molecular formula is C84H54N2S2. The van der Waals surface area contributed by atoms with Crippen LogP contribution in [0, 0.1) is 0 Å². The topological polar surface area (TPSA) is 9.86 Å². The number of rotatable bonds is 8. The predicted molar refractivity (Wildman–Crippen MR) is 380 cm³/mol. The zero-order valence-electron chi connectivity index (χ0n) is 47.9. The first-order valence-corrected chi connectivity index (χ1v) is 31.7. The van der Waals surface area contributed by atoms with E-state index < -0.39 is 0 Å². The lowest BCUT2D eigenvalue weighted by molar-refractivity contribution is 1.18. The molecule has 0 unspecified atom stereocenters. The molecule has 0 bridgehead atoms. The van der Waals surface area contributed by atoms with Crippen molar-refractivity contribution in [3.63, 3.8) is 0 Å². The van der Waals surface area contributed by atoms with Gasteiger partial charge in [-0.25, -0.2) is 0 Å². The van der Waals surface area contributed by atoms with Gasteiger partial charge in [-0.2, -0.15) is 0 Å². The third kappa shape index (κ3) is 9.09. The summed E-state index contributed by atoms with van der Waals surface area (Å²) in [5.41, 5.74) is 21.8. The molecule has 14 aromatic carbocycles. The normalized spacial score (nSPS) is 11.6. The fraction of sp³-hybridized carbons (Fsp3) is 0. The van der Waals surface area contributed by atoms with Gasteiger partial charge in [0.05, 0.1) is 22.1 Å². The van der Waals surface area contributed by atoms with Gasteiger partial charge in [-0.05, 0) is 158 Å². The van der Waals surface area contributed by atoms with Crippen LogP contribution in [0.2, 0.25) is 0 Å². The Morgan fingerprint density at radius 1 is 0.159 bits per heavy atom. The largest absolute Gasteiger partial charge is 0.309 e. The van der Waals surface area contributed by atoms with E-state index in [1.54, 1.807) is 0 Å². The molecular weight excluding hydrogens is 1100 g/mol. The number of benzene rings is 14. The molecule has 0 aliphatic rings. The summed E-state index contributed by atoms with van der Waals surface area (Å²) >= 11 is 3.76. The Bertz CT molecular complexity index is 5660. The summed E-state index contributed by atoms with van der Waals surface area (Å²) in [6, 6.07) is 119.